The molecule has 0 radical (unpaired) electrons. The fraction of sp³-hybridized carbons (Fsp3) is 0.467. The molecule has 2 rings (SSSR count). The largest absolute Gasteiger partial charge is 0.357 e. The molecule has 0 unspecified atom stereocenters. The molecule has 0 bridgehead atoms. The predicted molar refractivity (Wildman–Crippen MR) is 73.9 cm³/mol. The molecule has 0 saturated carbocycles. The van der Waals surface area contributed by atoms with E-state index in [0.717, 1.165) is 24.8 Å². The third kappa shape index (κ3) is 2.95. The Balaban J connectivity index is 2.22. The molecule has 1 fully saturated rings. The van der Waals surface area contributed by atoms with Crippen molar-refractivity contribution in [2.75, 3.05) is 13.6 Å². The molecule has 1 atom stereocenters. The smallest absolute Gasteiger partial charge is 0.254 e. The van der Waals surface area contributed by atoms with Gasteiger partial charge in [0.05, 0.1) is 0 Å². The molecule has 0 aliphatic carbocycles. The molecule has 0 spiro atoms. The van der Waals surface area contributed by atoms with Gasteiger partial charge in [-0.1, -0.05) is 17.7 Å². The average Bonchev–Trinajstić information content (AvgIpc) is 2.45. The van der Waals surface area contributed by atoms with Gasteiger partial charge in [-0.25, -0.2) is 0 Å². The number of benzene rings is 1. The Labute approximate surface area is 113 Å². The average molecular weight is 260 g/mol. The normalized spacial score (nSPS) is 19.1. The van der Waals surface area contributed by atoms with Crippen molar-refractivity contribution in [3.8, 4) is 0 Å². The van der Waals surface area contributed by atoms with Crippen LogP contribution in [0, 0.1) is 6.92 Å². The SMILES string of the molecule is CNC(=O)[C@H]1CCCCN1C(=O)c1cccc(C)c1. The van der Waals surface area contributed by atoms with Crippen molar-refractivity contribution in [1.82, 2.24) is 10.2 Å². The summed E-state index contributed by atoms with van der Waals surface area (Å²) in [6.45, 7) is 2.62. The van der Waals surface area contributed by atoms with E-state index in [1.165, 1.54) is 0 Å². The third-order valence-electron chi connectivity index (χ3n) is 3.58. The van der Waals surface area contributed by atoms with Crippen LogP contribution in [0.4, 0.5) is 0 Å². The molecule has 19 heavy (non-hydrogen) atoms. The molecule has 1 saturated heterocycles. The maximum Gasteiger partial charge on any atom is 0.254 e. The first-order valence-corrected chi connectivity index (χ1v) is 6.72. The lowest BCUT2D eigenvalue weighted by atomic mass is 9.99. The highest BCUT2D eigenvalue weighted by Gasteiger charge is 2.31. The lowest BCUT2D eigenvalue weighted by molar-refractivity contribution is -0.126. The van der Waals surface area contributed by atoms with E-state index in [1.807, 2.05) is 31.2 Å². The lowest BCUT2D eigenvalue weighted by Crippen LogP contribution is -2.51. The predicted octanol–water partition coefficient (Wildman–Crippen LogP) is 1.74. The monoisotopic (exact) mass is 260 g/mol. The van der Waals surface area contributed by atoms with Crippen LogP contribution in [0.2, 0.25) is 0 Å². The maximum absolute atomic E-state index is 12.5. The highest BCUT2D eigenvalue weighted by atomic mass is 16.2. The summed E-state index contributed by atoms with van der Waals surface area (Å²) in [7, 11) is 1.62. The van der Waals surface area contributed by atoms with E-state index in [4.69, 9.17) is 0 Å². The zero-order valence-electron chi connectivity index (χ0n) is 11.5. The minimum absolute atomic E-state index is 0.0444. The number of carbonyl (C=O) groups excluding carboxylic acids is 2. The number of nitrogens with one attached hydrogen (secondary N) is 1. The molecule has 1 aliphatic heterocycles. The Morgan fingerprint density at radius 2 is 2.11 bits per heavy atom. The molecular formula is C15H20N2O2. The first kappa shape index (κ1) is 13.6. The van der Waals surface area contributed by atoms with Crippen LogP contribution in [-0.2, 0) is 4.79 Å². The van der Waals surface area contributed by atoms with Crippen molar-refractivity contribution in [1.29, 1.82) is 0 Å². The standard InChI is InChI=1S/C15H20N2O2/c1-11-6-5-7-12(10-11)15(19)17-9-4-3-8-13(17)14(18)16-2/h5-7,10,13H,3-4,8-9H2,1-2H3,(H,16,18)/t13-/m1/s1. The van der Waals surface area contributed by atoms with E-state index in [0.29, 0.717) is 12.1 Å². The molecule has 1 aliphatic rings. The number of hydrogen-bond donors (Lipinski definition) is 1. The van der Waals surface area contributed by atoms with Gasteiger partial charge >= 0.3 is 0 Å². The van der Waals surface area contributed by atoms with Gasteiger partial charge in [0.2, 0.25) is 5.91 Å². The number of likely N-dealkylation sites (N-methyl/N-ethyl adjacent to an activating group) is 1. The summed E-state index contributed by atoms with van der Waals surface area (Å²) in [6.07, 6.45) is 2.71. The molecule has 4 nitrogen and oxygen atoms in total. The fourth-order valence-corrected chi connectivity index (χ4v) is 2.56. The highest BCUT2D eigenvalue weighted by Crippen LogP contribution is 2.20. The molecule has 1 N–H and O–H groups in total. The molecule has 2 amide bonds. The summed E-state index contributed by atoms with van der Waals surface area (Å²) < 4.78 is 0. The van der Waals surface area contributed by atoms with Crippen molar-refractivity contribution in [2.45, 2.75) is 32.2 Å². The Kier molecular flexibility index (Phi) is 4.20. The number of amides is 2. The summed E-state index contributed by atoms with van der Waals surface area (Å²) in [6, 6.07) is 7.19. The van der Waals surface area contributed by atoms with Crippen LogP contribution >= 0.6 is 0 Å². The Morgan fingerprint density at radius 3 is 2.79 bits per heavy atom. The summed E-state index contributed by atoms with van der Waals surface area (Å²) in [4.78, 5) is 26.1. The quantitative estimate of drug-likeness (QED) is 0.880. The molecule has 102 valence electrons. The van der Waals surface area contributed by atoms with E-state index in [2.05, 4.69) is 5.32 Å². The third-order valence-corrected chi connectivity index (χ3v) is 3.58. The van der Waals surface area contributed by atoms with Crippen molar-refractivity contribution in [3.63, 3.8) is 0 Å². The van der Waals surface area contributed by atoms with Gasteiger partial charge in [0.15, 0.2) is 0 Å². The molecule has 1 aromatic carbocycles. The molecular weight excluding hydrogens is 240 g/mol. The van der Waals surface area contributed by atoms with E-state index < -0.39 is 0 Å². The van der Waals surface area contributed by atoms with E-state index >= 15 is 0 Å². The number of rotatable bonds is 2. The molecule has 1 heterocycles. The Bertz CT molecular complexity index is 485. The first-order valence-electron chi connectivity index (χ1n) is 6.72. The van der Waals surface area contributed by atoms with Crippen LogP contribution in [0.1, 0.15) is 35.2 Å². The van der Waals surface area contributed by atoms with Crippen LogP contribution in [0.15, 0.2) is 24.3 Å². The van der Waals surface area contributed by atoms with Gasteiger partial charge in [0, 0.05) is 19.2 Å². The zero-order chi connectivity index (χ0) is 13.8. The van der Waals surface area contributed by atoms with Crippen LogP contribution in [0.5, 0.6) is 0 Å². The fourth-order valence-electron chi connectivity index (χ4n) is 2.56. The number of aryl methyl sites for hydroxylation is 1. The molecule has 4 heteroatoms. The van der Waals surface area contributed by atoms with Crippen LogP contribution < -0.4 is 5.32 Å². The zero-order valence-corrected chi connectivity index (χ0v) is 11.5. The van der Waals surface area contributed by atoms with Gasteiger partial charge in [-0.2, -0.15) is 0 Å². The van der Waals surface area contributed by atoms with E-state index in [-0.39, 0.29) is 17.9 Å². The van der Waals surface area contributed by atoms with Gasteiger partial charge in [0.1, 0.15) is 6.04 Å². The Morgan fingerprint density at radius 1 is 1.32 bits per heavy atom. The topological polar surface area (TPSA) is 49.4 Å². The van der Waals surface area contributed by atoms with Gasteiger partial charge in [0.25, 0.3) is 5.91 Å². The second-order valence-corrected chi connectivity index (χ2v) is 4.99. The summed E-state index contributed by atoms with van der Waals surface area (Å²) >= 11 is 0. The molecule has 0 aromatic heterocycles. The van der Waals surface area contributed by atoms with Gasteiger partial charge in [-0.05, 0) is 38.3 Å². The van der Waals surface area contributed by atoms with Gasteiger partial charge < -0.3 is 10.2 Å². The highest BCUT2D eigenvalue weighted by molar-refractivity contribution is 5.97. The summed E-state index contributed by atoms with van der Waals surface area (Å²) in [5.74, 6) is -0.113. The number of likely N-dealkylation sites (tertiary alicyclic amines) is 1. The second kappa shape index (κ2) is 5.87. The van der Waals surface area contributed by atoms with Gasteiger partial charge in [-0.3, -0.25) is 9.59 Å². The van der Waals surface area contributed by atoms with Crippen molar-refractivity contribution >= 4 is 11.8 Å². The van der Waals surface area contributed by atoms with Crippen LogP contribution in [0.3, 0.4) is 0 Å². The maximum atomic E-state index is 12.5. The number of nitrogens with zero attached hydrogens (tertiary/aromatic N) is 1. The van der Waals surface area contributed by atoms with Crippen molar-refractivity contribution < 1.29 is 9.59 Å². The van der Waals surface area contributed by atoms with Crippen molar-refractivity contribution in [3.05, 3.63) is 35.4 Å². The van der Waals surface area contributed by atoms with Crippen LogP contribution in [-0.4, -0.2) is 36.3 Å². The summed E-state index contributed by atoms with van der Waals surface area (Å²) in [5.41, 5.74) is 1.72. The second-order valence-electron chi connectivity index (χ2n) is 4.99. The Hall–Kier alpha value is -1.84. The summed E-state index contributed by atoms with van der Waals surface area (Å²) in [5, 5.41) is 2.65. The molecule has 1 aromatic rings. The minimum atomic E-state index is -0.327. The first-order chi connectivity index (χ1) is 9.13. The van der Waals surface area contributed by atoms with E-state index in [1.54, 1.807) is 11.9 Å². The minimum Gasteiger partial charge on any atom is -0.357 e. The number of carbonyl (C=O) groups is 2. The number of hydrogen-bond acceptors (Lipinski definition) is 2. The number of piperidine rings is 1. The lowest BCUT2D eigenvalue weighted by Gasteiger charge is -2.34. The van der Waals surface area contributed by atoms with E-state index in [9.17, 15) is 9.59 Å². The van der Waals surface area contributed by atoms with Crippen LogP contribution in [0.25, 0.3) is 0 Å². The van der Waals surface area contributed by atoms with Gasteiger partial charge in [-0.15, -0.1) is 0 Å². The van der Waals surface area contributed by atoms with Crippen molar-refractivity contribution in [2.24, 2.45) is 0 Å².